The van der Waals surface area contributed by atoms with E-state index in [1.165, 1.54) is 4.88 Å². The molecule has 0 bridgehead atoms. The number of halogens is 1. The molecule has 0 saturated heterocycles. The summed E-state index contributed by atoms with van der Waals surface area (Å²) < 4.78 is 0.836. The van der Waals surface area contributed by atoms with Gasteiger partial charge >= 0.3 is 0 Å². The molecule has 3 heteroatoms. The number of thiophene rings is 1. The Bertz CT molecular complexity index is 317. The van der Waals surface area contributed by atoms with Crippen LogP contribution in [0.5, 0.6) is 0 Å². The number of carbonyl (C=O) groups excluding carboxylic acids is 1. The number of aryl methyl sites for hydroxylation is 1. The molecule has 1 radical (unpaired) electrons. The molecule has 0 spiro atoms. The van der Waals surface area contributed by atoms with Crippen molar-refractivity contribution >= 4 is 28.7 Å². The van der Waals surface area contributed by atoms with E-state index >= 15 is 0 Å². The van der Waals surface area contributed by atoms with Crippen molar-refractivity contribution < 1.29 is 4.79 Å². The third-order valence-corrected chi connectivity index (χ3v) is 3.50. The van der Waals surface area contributed by atoms with Crippen LogP contribution in [0.4, 0.5) is 0 Å². The van der Waals surface area contributed by atoms with E-state index < -0.39 is 0 Å². The fraction of sp³-hybridized carbons (Fsp3) is 0.500. The van der Waals surface area contributed by atoms with Crippen molar-refractivity contribution in [1.29, 1.82) is 0 Å². The molecule has 1 aromatic rings. The summed E-state index contributed by atoms with van der Waals surface area (Å²) in [5, 5.41) is 0. The molecule has 83 valence electrons. The zero-order valence-corrected chi connectivity index (χ0v) is 10.7. The lowest BCUT2D eigenvalue weighted by molar-refractivity contribution is -0.121. The van der Waals surface area contributed by atoms with Crippen molar-refractivity contribution in [2.45, 2.75) is 33.1 Å². The first-order valence-electron chi connectivity index (χ1n) is 5.18. The lowest BCUT2D eigenvalue weighted by Crippen LogP contribution is -2.06. The van der Waals surface area contributed by atoms with Crippen LogP contribution >= 0.6 is 22.9 Å². The van der Waals surface area contributed by atoms with Gasteiger partial charge in [-0.1, -0.05) is 25.4 Å². The normalized spacial score (nSPS) is 10.9. The number of rotatable bonds is 6. The van der Waals surface area contributed by atoms with Crippen LogP contribution in [0.1, 0.15) is 31.6 Å². The Morgan fingerprint density at radius 1 is 1.53 bits per heavy atom. The number of Topliss-reactive ketones (excluding diaryl/α,β-unsaturated/α-hetero) is 1. The van der Waals surface area contributed by atoms with Gasteiger partial charge in [0.2, 0.25) is 0 Å². The largest absolute Gasteiger partial charge is 0.299 e. The third-order valence-electron chi connectivity index (χ3n) is 2.21. The maximum absolute atomic E-state index is 11.3. The van der Waals surface area contributed by atoms with E-state index in [0.29, 0.717) is 12.2 Å². The van der Waals surface area contributed by atoms with E-state index in [4.69, 9.17) is 11.6 Å². The minimum atomic E-state index is 0.150. The number of unbranched alkanes of at least 4 members (excludes halogenated alkanes) is 1. The van der Waals surface area contributed by atoms with Crippen LogP contribution in [-0.4, -0.2) is 5.78 Å². The molecule has 15 heavy (non-hydrogen) atoms. The van der Waals surface area contributed by atoms with Gasteiger partial charge in [-0.05, 0) is 31.4 Å². The monoisotopic (exact) mass is 243 g/mol. The topological polar surface area (TPSA) is 17.1 Å². The lowest BCUT2D eigenvalue weighted by Gasteiger charge is -2.02. The summed E-state index contributed by atoms with van der Waals surface area (Å²) in [6.07, 6.45) is 4.60. The van der Waals surface area contributed by atoms with Crippen LogP contribution in [0.15, 0.2) is 12.1 Å². The molecule has 1 nitrogen and oxygen atoms in total. The van der Waals surface area contributed by atoms with E-state index in [-0.39, 0.29) is 5.92 Å². The first-order chi connectivity index (χ1) is 7.09. The molecule has 0 aliphatic carbocycles. The molecule has 0 saturated carbocycles. The fourth-order valence-electron chi connectivity index (χ4n) is 1.21. The summed E-state index contributed by atoms with van der Waals surface area (Å²) in [6, 6.07) is 3.96. The van der Waals surface area contributed by atoms with Crippen LogP contribution in [0.3, 0.4) is 0 Å². The van der Waals surface area contributed by atoms with E-state index in [1.807, 2.05) is 26.0 Å². The van der Waals surface area contributed by atoms with Gasteiger partial charge in [-0.15, -0.1) is 11.3 Å². The predicted molar refractivity (Wildman–Crippen MR) is 66.4 cm³/mol. The smallest absolute Gasteiger partial charge is 0.135 e. The van der Waals surface area contributed by atoms with Crippen molar-refractivity contribution in [3.63, 3.8) is 0 Å². The van der Waals surface area contributed by atoms with Crippen LogP contribution in [0.2, 0.25) is 4.34 Å². The van der Waals surface area contributed by atoms with E-state index in [2.05, 4.69) is 6.42 Å². The van der Waals surface area contributed by atoms with Gasteiger partial charge < -0.3 is 0 Å². The molecule has 1 aromatic heterocycles. The Morgan fingerprint density at radius 2 is 2.27 bits per heavy atom. The summed E-state index contributed by atoms with van der Waals surface area (Å²) in [7, 11) is 0. The van der Waals surface area contributed by atoms with Gasteiger partial charge in [0.05, 0.1) is 4.34 Å². The molecule has 0 N–H and O–H groups in total. The highest BCUT2D eigenvalue weighted by molar-refractivity contribution is 7.16. The minimum Gasteiger partial charge on any atom is -0.299 e. The summed E-state index contributed by atoms with van der Waals surface area (Å²) in [5.74, 6) is 0.469. The van der Waals surface area contributed by atoms with Gasteiger partial charge in [0.1, 0.15) is 5.78 Å². The van der Waals surface area contributed by atoms with Gasteiger partial charge in [0.15, 0.2) is 0 Å². The van der Waals surface area contributed by atoms with Crippen molar-refractivity contribution in [2.24, 2.45) is 5.92 Å². The second-order valence-electron chi connectivity index (χ2n) is 3.86. The number of carbonyl (C=O) groups is 1. The Kier molecular flexibility index (Phi) is 5.34. The van der Waals surface area contributed by atoms with Crippen molar-refractivity contribution in [3.05, 3.63) is 27.8 Å². The lowest BCUT2D eigenvalue weighted by atomic mass is 10.0. The van der Waals surface area contributed by atoms with E-state index in [0.717, 1.165) is 17.2 Å². The molecule has 0 fully saturated rings. The zero-order valence-electron chi connectivity index (χ0n) is 9.13. The summed E-state index contributed by atoms with van der Waals surface area (Å²) >= 11 is 7.43. The predicted octanol–water partition coefficient (Wildman–Crippen LogP) is 4.15. The van der Waals surface area contributed by atoms with Gasteiger partial charge in [0.25, 0.3) is 0 Å². The van der Waals surface area contributed by atoms with Crippen LogP contribution < -0.4 is 0 Å². The number of hydrogen-bond acceptors (Lipinski definition) is 2. The third kappa shape index (κ3) is 4.80. The molecule has 0 amide bonds. The minimum absolute atomic E-state index is 0.150. The summed E-state index contributed by atoms with van der Waals surface area (Å²) in [6.45, 7) is 3.88. The van der Waals surface area contributed by atoms with E-state index in [9.17, 15) is 4.79 Å². The second-order valence-corrected chi connectivity index (χ2v) is 5.66. The summed E-state index contributed by atoms with van der Waals surface area (Å²) in [5.41, 5.74) is 0. The highest BCUT2D eigenvalue weighted by Crippen LogP contribution is 2.22. The molecule has 0 aromatic carbocycles. The van der Waals surface area contributed by atoms with Crippen molar-refractivity contribution in [1.82, 2.24) is 0 Å². The average Bonchev–Trinajstić information content (AvgIpc) is 2.58. The number of hydrogen-bond donors (Lipinski definition) is 0. The standard InChI is InChI=1S/C12H16ClOS/c1-9(2)11(14)6-4-3-5-10-7-8-12(13)15-10/h4,7-9H,3,5-6H2,1-2H3. The molecular formula is C12H16ClOS. The van der Waals surface area contributed by atoms with Crippen LogP contribution in [0, 0.1) is 12.3 Å². The zero-order chi connectivity index (χ0) is 11.3. The van der Waals surface area contributed by atoms with Gasteiger partial charge in [0, 0.05) is 17.2 Å². The van der Waals surface area contributed by atoms with Gasteiger partial charge in [-0.3, -0.25) is 4.79 Å². The van der Waals surface area contributed by atoms with Crippen LogP contribution in [0.25, 0.3) is 0 Å². The highest BCUT2D eigenvalue weighted by atomic mass is 35.5. The quantitative estimate of drug-likeness (QED) is 0.686. The van der Waals surface area contributed by atoms with Crippen molar-refractivity contribution in [2.75, 3.05) is 0 Å². The number of ketones is 1. The molecule has 0 aliphatic rings. The summed E-state index contributed by atoms with van der Waals surface area (Å²) in [4.78, 5) is 12.6. The Labute approximate surface area is 100 Å². The Morgan fingerprint density at radius 3 is 2.80 bits per heavy atom. The maximum Gasteiger partial charge on any atom is 0.135 e. The molecule has 1 heterocycles. The molecular weight excluding hydrogens is 228 g/mol. The first kappa shape index (κ1) is 12.7. The molecule has 1 rings (SSSR count). The van der Waals surface area contributed by atoms with E-state index in [1.54, 1.807) is 11.3 Å². The Hall–Kier alpha value is -0.340. The molecule has 0 atom stereocenters. The SMILES string of the molecule is CC(C)C(=O)C[CH]CCc1ccc(Cl)s1. The molecule has 0 aliphatic heterocycles. The first-order valence-corrected chi connectivity index (χ1v) is 6.37. The Balaban J connectivity index is 2.15. The highest BCUT2D eigenvalue weighted by Gasteiger charge is 2.06. The maximum atomic E-state index is 11.3. The fourth-order valence-corrected chi connectivity index (χ4v) is 2.31. The van der Waals surface area contributed by atoms with Crippen LogP contribution in [-0.2, 0) is 11.2 Å². The average molecular weight is 244 g/mol. The molecule has 0 unspecified atom stereocenters. The second kappa shape index (κ2) is 6.29. The van der Waals surface area contributed by atoms with Gasteiger partial charge in [-0.2, -0.15) is 0 Å². The van der Waals surface area contributed by atoms with Crippen molar-refractivity contribution in [3.8, 4) is 0 Å². The van der Waals surface area contributed by atoms with Gasteiger partial charge in [-0.25, -0.2) is 0 Å².